The first-order valence-electron chi connectivity index (χ1n) is 10.9. The zero-order valence-corrected chi connectivity index (χ0v) is 18.8. The van der Waals surface area contributed by atoms with Gasteiger partial charge in [0, 0.05) is 11.9 Å². The summed E-state index contributed by atoms with van der Waals surface area (Å²) in [6.45, 7) is 4.31. The van der Waals surface area contributed by atoms with Gasteiger partial charge in [-0.3, -0.25) is 14.6 Å². The van der Waals surface area contributed by atoms with Crippen LogP contribution in [0, 0.1) is 13.8 Å². The molecule has 5 rings (SSSR count). The topological polar surface area (TPSA) is 89.6 Å². The summed E-state index contributed by atoms with van der Waals surface area (Å²) in [5.41, 5.74) is 4.70. The highest BCUT2D eigenvalue weighted by molar-refractivity contribution is 6.10. The smallest absolute Gasteiger partial charge is 0.257 e. The number of hydrogen-bond acceptors (Lipinski definition) is 5. The summed E-state index contributed by atoms with van der Waals surface area (Å²) in [6, 6.07) is 20.2. The van der Waals surface area contributed by atoms with Crippen LogP contribution < -0.4 is 20.1 Å². The summed E-state index contributed by atoms with van der Waals surface area (Å²) in [6.07, 6.45) is 0. The molecule has 0 bridgehead atoms. The molecule has 0 aliphatic carbocycles. The number of aryl methyl sites for hydroxylation is 2. The molecule has 0 saturated heterocycles. The predicted octanol–water partition coefficient (Wildman–Crippen LogP) is 4.76. The molecule has 7 nitrogen and oxygen atoms in total. The molecule has 34 heavy (non-hydrogen) atoms. The van der Waals surface area contributed by atoms with Crippen LogP contribution in [-0.4, -0.2) is 23.6 Å². The minimum atomic E-state index is -0.315. The summed E-state index contributed by atoms with van der Waals surface area (Å²) in [5.74, 6) is 0.743. The number of carbonyl (C=O) groups is 2. The van der Waals surface area contributed by atoms with Crippen molar-refractivity contribution in [3.8, 4) is 11.5 Å². The first kappa shape index (κ1) is 21.5. The first-order chi connectivity index (χ1) is 16.5. The maximum absolute atomic E-state index is 13.1. The second-order valence-corrected chi connectivity index (χ2v) is 8.19. The Labute approximate surface area is 196 Å². The van der Waals surface area contributed by atoms with Crippen LogP contribution in [0.1, 0.15) is 37.5 Å². The van der Waals surface area contributed by atoms with E-state index in [0.29, 0.717) is 40.6 Å². The van der Waals surface area contributed by atoms with Crippen LogP contribution in [0.4, 0.5) is 5.69 Å². The fourth-order valence-corrected chi connectivity index (χ4v) is 3.93. The number of para-hydroxylation sites is 1. The lowest BCUT2D eigenvalue weighted by Gasteiger charge is -2.13. The van der Waals surface area contributed by atoms with Crippen LogP contribution in [0.2, 0.25) is 0 Å². The highest BCUT2D eigenvalue weighted by Crippen LogP contribution is 2.32. The standard InChI is InChI=1S/C27H23N3O4/c1-16-7-9-22-19(11-16)13-21(17(2)29-22)27(32)30-23-6-4-3-5-20(23)26(31)28-14-18-8-10-24-25(12-18)34-15-33-24/h3-13H,14-15H2,1-2H3,(H,28,31)(H,30,32). The van der Waals surface area contributed by atoms with Crippen molar-refractivity contribution in [2.24, 2.45) is 0 Å². The van der Waals surface area contributed by atoms with Gasteiger partial charge in [0.25, 0.3) is 11.8 Å². The number of hydrogen-bond donors (Lipinski definition) is 2. The van der Waals surface area contributed by atoms with Crippen LogP contribution in [0.5, 0.6) is 11.5 Å². The number of nitrogens with one attached hydrogen (secondary N) is 2. The Kier molecular flexibility index (Phi) is 5.59. The van der Waals surface area contributed by atoms with Crippen molar-refractivity contribution < 1.29 is 19.1 Å². The van der Waals surface area contributed by atoms with E-state index in [0.717, 1.165) is 22.0 Å². The van der Waals surface area contributed by atoms with Gasteiger partial charge in [0.15, 0.2) is 11.5 Å². The first-order valence-corrected chi connectivity index (χ1v) is 10.9. The Bertz CT molecular complexity index is 1430. The molecule has 0 radical (unpaired) electrons. The van der Waals surface area contributed by atoms with Crippen molar-refractivity contribution >= 4 is 28.4 Å². The van der Waals surface area contributed by atoms with Crippen molar-refractivity contribution in [2.45, 2.75) is 20.4 Å². The Morgan fingerprint density at radius 3 is 2.59 bits per heavy atom. The quantitative estimate of drug-likeness (QED) is 0.455. The molecule has 1 aliphatic rings. The van der Waals surface area contributed by atoms with E-state index in [1.54, 1.807) is 31.2 Å². The number of nitrogens with zero attached hydrogens (tertiary/aromatic N) is 1. The van der Waals surface area contributed by atoms with Crippen molar-refractivity contribution in [3.05, 3.63) is 94.7 Å². The molecule has 170 valence electrons. The average molecular weight is 453 g/mol. The van der Waals surface area contributed by atoms with Crippen molar-refractivity contribution in [1.82, 2.24) is 10.3 Å². The monoisotopic (exact) mass is 453 g/mol. The third-order valence-corrected chi connectivity index (χ3v) is 5.72. The number of ether oxygens (including phenoxy) is 2. The maximum Gasteiger partial charge on any atom is 0.257 e. The number of aromatic nitrogens is 1. The van der Waals surface area contributed by atoms with Crippen molar-refractivity contribution in [3.63, 3.8) is 0 Å². The number of rotatable bonds is 5. The van der Waals surface area contributed by atoms with Gasteiger partial charge in [-0.05, 0) is 61.9 Å². The SMILES string of the molecule is Cc1ccc2nc(C)c(C(=O)Nc3ccccc3C(=O)NCc3ccc4c(c3)OCO4)cc2c1. The molecule has 0 fully saturated rings. The molecule has 7 heteroatoms. The molecule has 0 unspecified atom stereocenters. The molecule has 2 amide bonds. The lowest BCUT2D eigenvalue weighted by Crippen LogP contribution is -2.25. The van der Waals surface area contributed by atoms with Gasteiger partial charge < -0.3 is 20.1 Å². The molecular weight excluding hydrogens is 430 g/mol. The van der Waals surface area contributed by atoms with Gasteiger partial charge in [0.1, 0.15) is 0 Å². The van der Waals surface area contributed by atoms with E-state index in [1.165, 1.54) is 0 Å². The number of carbonyl (C=O) groups excluding carboxylic acids is 2. The maximum atomic E-state index is 13.1. The number of pyridine rings is 1. The van der Waals surface area contributed by atoms with Crippen molar-refractivity contribution in [2.75, 3.05) is 12.1 Å². The zero-order valence-electron chi connectivity index (χ0n) is 18.8. The second-order valence-electron chi connectivity index (χ2n) is 8.19. The highest BCUT2D eigenvalue weighted by atomic mass is 16.7. The van der Waals surface area contributed by atoms with Gasteiger partial charge in [0.05, 0.1) is 28.0 Å². The van der Waals surface area contributed by atoms with Gasteiger partial charge in [-0.2, -0.15) is 0 Å². The average Bonchev–Trinajstić information content (AvgIpc) is 3.30. The molecule has 2 N–H and O–H groups in total. The Morgan fingerprint density at radius 2 is 1.71 bits per heavy atom. The summed E-state index contributed by atoms with van der Waals surface area (Å²) in [4.78, 5) is 30.6. The van der Waals surface area contributed by atoms with E-state index < -0.39 is 0 Å². The lowest BCUT2D eigenvalue weighted by molar-refractivity contribution is 0.0951. The van der Waals surface area contributed by atoms with E-state index in [2.05, 4.69) is 15.6 Å². The lowest BCUT2D eigenvalue weighted by atomic mass is 10.1. The Morgan fingerprint density at radius 1 is 0.882 bits per heavy atom. The molecule has 4 aromatic rings. The summed E-state index contributed by atoms with van der Waals surface area (Å²) < 4.78 is 10.7. The van der Waals surface area contributed by atoms with E-state index in [4.69, 9.17) is 9.47 Å². The summed E-state index contributed by atoms with van der Waals surface area (Å²) in [5, 5.41) is 6.68. The van der Waals surface area contributed by atoms with Gasteiger partial charge >= 0.3 is 0 Å². The molecule has 1 aliphatic heterocycles. The summed E-state index contributed by atoms with van der Waals surface area (Å²) >= 11 is 0. The molecule has 2 heterocycles. The van der Waals surface area contributed by atoms with Crippen LogP contribution in [0.25, 0.3) is 10.9 Å². The fraction of sp³-hybridized carbons (Fsp3) is 0.148. The molecular formula is C27H23N3O4. The molecule has 0 spiro atoms. The van der Waals surface area contributed by atoms with E-state index in [9.17, 15) is 9.59 Å². The number of anilines is 1. The van der Waals surface area contributed by atoms with Gasteiger partial charge in [-0.1, -0.05) is 29.8 Å². The van der Waals surface area contributed by atoms with Gasteiger partial charge in [0.2, 0.25) is 6.79 Å². The van der Waals surface area contributed by atoms with Gasteiger partial charge in [-0.15, -0.1) is 0 Å². The van der Waals surface area contributed by atoms with Crippen LogP contribution in [-0.2, 0) is 6.54 Å². The fourth-order valence-electron chi connectivity index (χ4n) is 3.93. The number of fused-ring (bicyclic) bond motifs is 2. The molecule has 0 atom stereocenters. The predicted molar refractivity (Wildman–Crippen MR) is 129 cm³/mol. The Hall–Kier alpha value is -4.39. The number of amides is 2. The third kappa shape index (κ3) is 4.28. The minimum absolute atomic E-state index is 0.198. The molecule has 0 saturated carbocycles. The second kappa shape index (κ2) is 8.86. The third-order valence-electron chi connectivity index (χ3n) is 5.72. The number of benzene rings is 3. The van der Waals surface area contributed by atoms with Crippen LogP contribution in [0.15, 0.2) is 66.7 Å². The Balaban J connectivity index is 1.33. The van der Waals surface area contributed by atoms with Crippen molar-refractivity contribution in [1.29, 1.82) is 0 Å². The van der Waals surface area contributed by atoms with E-state index >= 15 is 0 Å². The normalized spacial score (nSPS) is 11.9. The molecule has 3 aromatic carbocycles. The largest absolute Gasteiger partial charge is 0.454 e. The summed E-state index contributed by atoms with van der Waals surface area (Å²) in [7, 11) is 0. The van der Waals surface area contributed by atoms with Gasteiger partial charge in [-0.25, -0.2) is 0 Å². The van der Waals surface area contributed by atoms with Crippen LogP contribution >= 0.6 is 0 Å². The van der Waals surface area contributed by atoms with E-state index in [-0.39, 0.29) is 18.6 Å². The van der Waals surface area contributed by atoms with Crippen LogP contribution in [0.3, 0.4) is 0 Å². The van der Waals surface area contributed by atoms with E-state index in [1.807, 2.05) is 49.4 Å². The minimum Gasteiger partial charge on any atom is -0.454 e. The zero-order chi connectivity index (χ0) is 23.7. The molecule has 1 aromatic heterocycles. The highest BCUT2D eigenvalue weighted by Gasteiger charge is 2.17.